The molecule has 0 N–H and O–H groups in total. The fraction of sp³-hybridized carbons (Fsp3) is 0.0179. The van der Waals surface area contributed by atoms with Gasteiger partial charge >= 0.3 is 0 Å². The molecular formula is C56H37N18OPt5S-5. The summed E-state index contributed by atoms with van der Waals surface area (Å²) in [6, 6.07) is 49.3. The monoisotopic (exact) mass is 1980 g/mol. The summed E-state index contributed by atoms with van der Waals surface area (Å²) in [5.41, 5.74) is 13.1. The minimum atomic E-state index is -0.0457. The van der Waals surface area contributed by atoms with Crippen molar-refractivity contribution in [2.75, 3.05) is 0 Å². The summed E-state index contributed by atoms with van der Waals surface area (Å²) >= 11 is 1.55. The van der Waals surface area contributed by atoms with Gasteiger partial charge < -0.3 is 49.4 Å². The summed E-state index contributed by atoms with van der Waals surface area (Å²) in [7, 11) is 1.99. The van der Waals surface area contributed by atoms with Gasteiger partial charge in [0.2, 0.25) is 0 Å². The van der Waals surface area contributed by atoms with Crippen molar-refractivity contribution in [3.8, 4) is 57.9 Å². The zero-order valence-corrected chi connectivity index (χ0v) is 53.8. The second-order valence-corrected chi connectivity index (χ2v) is 16.8. The van der Waals surface area contributed by atoms with Crippen molar-refractivity contribution >= 4 is 66.5 Å². The third kappa shape index (κ3) is 15.6. The molecule has 0 fully saturated rings. The first-order chi connectivity index (χ1) is 37.5. The fourth-order valence-electron chi connectivity index (χ4n) is 7.54. The van der Waals surface area contributed by atoms with Gasteiger partial charge in [0.05, 0.1) is 22.2 Å². The van der Waals surface area contributed by atoms with Crippen LogP contribution in [-0.4, -0.2) is 64.4 Å². The molecule has 0 saturated carbocycles. The van der Waals surface area contributed by atoms with E-state index in [1.54, 1.807) is 41.5 Å². The van der Waals surface area contributed by atoms with E-state index in [1.807, 2.05) is 150 Å². The molecule has 0 atom stereocenters. The first-order valence-electron chi connectivity index (χ1n) is 23.3. The van der Waals surface area contributed by atoms with E-state index in [9.17, 15) is 4.79 Å². The number of para-hydroxylation sites is 10. The summed E-state index contributed by atoms with van der Waals surface area (Å²) in [6.45, 7) is 0. The van der Waals surface area contributed by atoms with E-state index < -0.39 is 0 Å². The van der Waals surface area contributed by atoms with Gasteiger partial charge in [-0.25, -0.2) is 34.9 Å². The first-order valence-corrected chi connectivity index (χ1v) is 24.3. The molecule has 19 nitrogen and oxygen atoms in total. The van der Waals surface area contributed by atoms with Crippen molar-refractivity contribution in [3.05, 3.63) is 216 Å². The van der Waals surface area contributed by atoms with Crippen LogP contribution >= 0.6 is 11.3 Å². The standard InChI is InChI=1S/C15H11N4.C11H7N4.C10H6N5.C10H6N3S.C10H8N2O.5Pt/c1-19-13-9-5-4-8-12(13)18-15(19)14-16-10-6-2-3-7-11(10)17-14;1-2-5-9-8(4-1)14-11(15-9)10-12-6-3-7-13-10;1-2-4-8-7(3-1)14-10(15-8)9-12-5-11-6-13-9;1-2-4-8-7(3-1)12-10(13-8)9-5-14-6-11-9;13-8-4-6-12-10(7-8)9-3-1-2-5-11-9;;;;;/h2-9H,1H3;1-7H;1-6H;1-6H;1-7H,(H,12,13);;;;;/q4*-1;;;;;;/p-1. The number of imidazole rings is 5. The number of nitrogens with zero attached hydrogens (tertiary/aromatic N) is 18. The molecule has 15 aromatic rings. The predicted octanol–water partition coefficient (Wildman–Crippen LogP) is 8.81. The molecule has 0 aliphatic heterocycles. The maximum atomic E-state index is 11.0. The topological polar surface area (TPSA) is 247 Å². The number of fused-ring (bicyclic) bond motifs is 5. The molecule has 5 aromatic carbocycles. The van der Waals surface area contributed by atoms with Crippen LogP contribution in [0.4, 0.5) is 0 Å². The Kier molecular flexibility index (Phi) is 23.7. The normalized spacial score (nSPS) is 10.1. The molecule has 0 saturated heterocycles. The maximum Gasteiger partial charge on any atom is 0.175 e. The van der Waals surface area contributed by atoms with Crippen molar-refractivity contribution in [1.29, 1.82) is 0 Å². The van der Waals surface area contributed by atoms with E-state index in [1.165, 1.54) is 31.0 Å². The second-order valence-electron chi connectivity index (χ2n) is 16.1. The van der Waals surface area contributed by atoms with Gasteiger partial charge in [-0.15, -0.1) is 17.0 Å². The third-order valence-electron chi connectivity index (χ3n) is 11.1. The number of benzene rings is 5. The Morgan fingerprint density at radius 2 is 0.901 bits per heavy atom. The number of pyridine rings is 2. The molecule has 81 heavy (non-hydrogen) atoms. The molecule has 15 rings (SSSR count). The molecule has 25 heteroatoms. The van der Waals surface area contributed by atoms with Crippen LogP contribution in [0.15, 0.2) is 211 Å². The van der Waals surface area contributed by atoms with E-state index in [-0.39, 0.29) is 111 Å². The molecule has 0 unspecified atom stereocenters. The van der Waals surface area contributed by atoms with Crippen LogP contribution in [0.3, 0.4) is 0 Å². The van der Waals surface area contributed by atoms with Crippen LogP contribution < -0.4 is 30.3 Å². The van der Waals surface area contributed by atoms with Gasteiger partial charge in [-0.1, -0.05) is 115 Å². The van der Waals surface area contributed by atoms with E-state index >= 15 is 0 Å². The Morgan fingerprint density at radius 1 is 0.432 bits per heavy atom. The summed E-state index contributed by atoms with van der Waals surface area (Å²) in [6.07, 6.45) is 9.40. The van der Waals surface area contributed by atoms with Crippen LogP contribution in [0.2, 0.25) is 0 Å². The Morgan fingerprint density at radius 3 is 1.41 bits per heavy atom. The van der Waals surface area contributed by atoms with E-state index in [2.05, 4.69) is 90.8 Å². The second kappa shape index (κ2) is 30.5. The van der Waals surface area contributed by atoms with Crippen LogP contribution in [0.1, 0.15) is 0 Å². The number of aryl methyl sites for hydroxylation is 1. The summed E-state index contributed by atoms with van der Waals surface area (Å²) in [4.78, 5) is 83.1. The SMILES string of the molecule is Cn1c(-c2nc3ccccc3[n-]2)nc2ccccc21.O=c1cc[n-]c(-c2ccccn2)c1.[Pt].[Pt].[Pt].[Pt].[Pt].c1ccc2[n-]c(-c3cscn3)nc2c1.c1ccc2[n-]c(-c3ncncn3)nc2c1.c1cnc(-c2nc3ccccc3[n-]2)nc1. The quantitative estimate of drug-likeness (QED) is 0.156. The van der Waals surface area contributed by atoms with Crippen LogP contribution in [0.25, 0.3) is 113 Å². The molecule has 10 aromatic heterocycles. The van der Waals surface area contributed by atoms with Gasteiger partial charge in [-0.2, -0.15) is 6.20 Å². The molecule has 0 amide bonds. The molecular weight excluding hydrogens is 1950 g/mol. The number of hydrogen-bond donors (Lipinski definition) is 0. The van der Waals surface area contributed by atoms with E-state index in [4.69, 9.17) is 0 Å². The van der Waals surface area contributed by atoms with Crippen LogP contribution in [-0.2, 0) is 112 Å². The van der Waals surface area contributed by atoms with Crippen LogP contribution in [0, 0.1) is 0 Å². The predicted molar refractivity (Wildman–Crippen MR) is 290 cm³/mol. The van der Waals surface area contributed by atoms with Gasteiger partial charge in [0, 0.05) is 142 Å². The summed E-state index contributed by atoms with van der Waals surface area (Å²) < 4.78 is 2.03. The summed E-state index contributed by atoms with van der Waals surface area (Å²) in [5.74, 6) is 4.38. The van der Waals surface area contributed by atoms with Crippen LogP contribution in [0.5, 0.6) is 0 Å². The third-order valence-corrected chi connectivity index (χ3v) is 11.7. The van der Waals surface area contributed by atoms with E-state index in [0.717, 1.165) is 72.4 Å². The number of rotatable bonds is 5. The van der Waals surface area contributed by atoms with Gasteiger partial charge in [-0.3, -0.25) is 9.78 Å². The zero-order valence-electron chi connectivity index (χ0n) is 41.6. The van der Waals surface area contributed by atoms with E-state index in [0.29, 0.717) is 40.6 Å². The van der Waals surface area contributed by atoms with Crippen molar-refractivity contribution in [2.45, 2.75) is 0 Å². The Balaban J connectivity index is 0.000000162. The minimum absolute atomic E-state index is 0. The Hall–Kier alpha value is -7.29. The van der Waals surface area contributed by atoms with Gasteiger partial charge in [0.25, 0.3) is 0 Å². The molecule has 0 radical (unpaired) electrons. The molecule has 0 aliphatic rings. The molecule has 0 aliphatic carbocycles. The first kappa shape index (κ1) is 62.9. The molecule has 10 heterocycles. The summed E-state index contributed by atoms with van der Waals surface area (Å²) in [5, 5.41) is 1.95. The Labute approximate surface area is 537 Å². The van der Waals surface area contributed by atoms with Gasteiger partial charge in [-0.05, 0) is 110 Å². The number of hydrogen-bond acceptors (Lipinski definition) is 14. The number of thiazole rings is 1. The van der Waals surface area contributed by atoms with Crippen molar-refractivity contribution in [3.63, 3.8) is 0 Å². The largest absolute Gasteiger partial charge is 0.662 e. The smallest absolute Gasteiger partial charge is 0.175 e. The fourth-order valence-corrected chi connectivity index (χ4v) is 8.07. The average Bonchev–Trinajstić information content (AvgIpc) is 4.52. The minimum Gasteiger partial charge on any atom is -0.662 e. The molecule has 0 spiro atoms. The number of aromatic nitrogens is 18. The van der Waals surface area contributed by atoms with Crippen molar-refractivity contribution < 1.29 is 105 Å². The maximum absolute atomic E-state index is 11.0. The Bertz CT molecular complexity index is 4140. The van der Waals surface area contributed by atoms with Gasteiger partial charge in [0.1, 0.15) is 18.5 Å². The zero-order chi connectivity index (χ0) is 51.5. The molecule has 418 valence electrons. The molecule has 0 bridgehead atoms. The average molecular weight is 1990 g/mol. The van der Waals surface area contributed by atoms with Gasteiger partial charge in [0.15, 0.2) is 17.1 Å². The van der Waals surface area contributed by atoms with Crippen molar-refractivity contribution in [1.82, 2.24) is 89.3 Å². The van der Waals surface area contributed by atoms with Crippen molar-refractivity contribution in [2.24, 2.45) is 7.05 Å².